The van der Waals surface area contributed by atoms with Gasteiger partial charge in [0.1, 0.15) is 0 Å². The highest BCUT2D eigenvalue weighted by Crippen LogP contribution is 2.23. The van der Waals surface area contributed by atoms with Crippen LogP contribution < -0.4 is 5.32 Å². The molecule has 9 heteroatoms. The number of hydrogen-bond acceptors (Lipinski definition) is 5. The maximum Gasteiger partial charge on any atom is 0.252 e. The Morgan fingerprint density at radius 1 is 0.862 bits per heavy atom. The van der Waals surface area contributed by atoms with Gasteiger partial charge in [0, 0.05) is 19.6 Å². The van der Waals surface area contributed by atoms with Crippen molar-refractivity contribution < 1.29 is 21.6 Å². The van der Waals surface area contributed by atoms with Crippen molar-refractivity contribution in [2.75, 3.05) is 25.4 Å². The van der Waals surface area contributed by atoms with Gasteiger partial charge in [0.2, 0.25) is 10.0 Å². The molecule has 2 aromatic rings. The predicted molar refractivity (Wildman–Crippen MR) is 110 cm³/mol. The Kier molecular flexibility index (Phi) is 6.71. The second kappa shape index (κ2) is 9.06. The monoisotopic (exact) mass is 436 g/mol. The first-order valence-corrected chi connectivity index (χ1v) is 12.6. The summed E-state index contributed by atoms with van der Waals surface area (Å²) >= 11 is 0. The van der Waals surface area contributed by atoms with Crippen LogP contribution in [-0.4, -0.2) is 52.4 Å². The number of piperidine rings is 1. The largest absolute Gasteiger partial charge is 0.351 e. The molecule has 2 aromatic carbocycles. The average Bonchev–Trinajstić information content (AvgIpc) is 2.75. The Bertz CT molecular complexity index is 1060. The lowest BCUT2D eigenvalue weighted by Gasteiger charge is -2.26. The van der Waals surface area contributed by atoms with E-state index in [2.05, 4.69) is 5.32 Å². The number of hydrogen-bond donors (Lipinski definition) is 1. The molecule has 156 valence electrons. The minimum absolute atomic E-state index is 0.0233. The van der Waals surface area contributed by atoms with E-state index in [-0.39, 0.29) is 27.7 Å². The average molecular weight is 437 g/mol. The molecule has 0 radical (unpaired) electrons. The number of carbonyl (C=O) groups excluding carboxylic acids is 1. The van der Waals surface area contributed by atoms with Crippen LogP contribution in [0.1, 0.15) is 29.6 Å². The molecular weight excluding hydrogens is 412 g/mol. The molecule has 0 saturated carbocycles. The van der Waals surface area contributed by atoms with Gasteiger partial charge in [0.25, 0.3) is 5.91 Å². The molecule has 1 fully saturated rings. The van der Waals surface area contributed by atoms with Crippen molar-refractivity contribution in [2.45, 2.75) is 29.1 Å². The number of sulfonamides is 1. The van der Waals surface area contributed by atoms with Crippen LogP contribution in [0.25, 0.3) is 0 Å². The maximum atomic E-state index is 13.0. The van der Waals surface area contributed by atoms with Crippen LogP contribution in [0.3, 0.4) is 0 Å². The highest BCUT2D eigenvalue weighted by atomic mass is 32.2. The van der Waals surface area contributed by atoms with E-state index in [9.17, 15) is 21.6 Å². The summed E-state index contributed by atoms with van der Waals surface area (Å²) in [5.74, 6) is -0.881. The van der Waals surface area contributed by atoms with Crippen LogP contribution in [0.4, 0.5) is 0 Å². The molecule has 1 saturated heterocycles. The second-order valence-electron chi connectivity index (χ2n) is 6.85. The summed E-state index contributed by atoms with van der Waals surface area (Å²) in [5, 5.41) is 2.54. The van der Waals surface area contributed by atoms with Gasteiger partial charge in [-0.05, 0) is 37.1 Å². The molecule has 0 aliphatic carbocycles. The van der Waals surface area contributed by atoms with E-state index in [0.29, 0.717) is 13.1 Å². The molecule has 0 unspecified atom stereocenters. The summed E-state index contributed by atoms with van der Waals surface area (Å²) < 4.78 is 52.0. The van der Waals surface area contributed by atoms with Crippen LogP contribution in [-0.2, 0) is 19.9 Å². The van der Waals surface area contributed by atoms with Gasteiger partial charge in [-0.2, -0.15) is 4.31 Å². The fourth-order valence-corrected chi connectivity index (χ4v) is 6.15. The van der Waals surface area contributed by atoms with Gasteiger partial charge in [-0.25, -0.2) is 16.8 Å². The Balaban J connectivity index is 1.72. The van der Waals surface area contributed by atoms with Crippen molar-refractivity contribution in [3.05, 3.63) is 60.2 Å². The fourth-order valence-electron chi connectivity index (χ4n) is 3.26. The van der Waals surface area contributed by atoms with Crippen molar-refractivity contribution in [3.63, 3.8) is 0 Å². The zero-order valence-corrected chi connectivity index (χ0v) is 17.6. The first-order chi connectivity index (χ1) is 13.8. The van der Waals surface area contributed by atoms with E-state index in [4.69, 9.17) is 0 Å². The standard InChI is InChI=1S/C20H24N2O5S2/c23-20(21-13-16-28(24,25)17-9-3-1-4-10-17)18-11-5-6-12-19(18)29(26,27)22-14-7-2-8-15-22/h1,3-6,9-12H,2,7-8,13-16H2,(H,21,23). The number of rotatable bonds is 7. The summed E-state index contributed by atoms with van der Waals surface area (Å²) in [5.41, 5.74) is 0.0233. The first-order valence-electron chi connectivity index (χ1n) is 9.47. The van der Waals surface area contributed by atoms with Crippen LogP contribution in [0.15, 0.2) is 64.4 Å². The molecule has 1 aliphatic heterocycles. The molecule has 1 heterocycles. The number of carbonyl (C=O) groups is 1. The summed E-state index contributed by atoms with van der Waals surface area (Å²) in [6, 6.07) is 14.0. The molecule has 0 bridgehead atoms. The van der Waals surface area contributed by atoms with E-state index in [1.165, 1.54) is 28.6 Å². The minimum atomic E-state index is -3.78. The first kappa shape index (κ1) is 21.5. The summed E-state index contributed by atoms with van der Waals surface area (Å²) in [7, 11) is -7.31. The van der Waals surface area contributed by atoms with Crippen LogP contribution in [0.5, 0.6) is 0 Å². The highest BCUT2D eigenvalue weighted by Gasteiger charge is 2.29. The fraction of sp³-hybridized carbons (Fsp3) is 0.350. The van der Waals surface area contributed by atoms with Gasteiger partial charge in [-0.1, -0.05) is 36.8 Å². The van der Waals surface area contributed by atoms with Crippen molar-refractivity contribution in [1.82, 2.24) is 9.62 Å². The SMILES string of the molecule is O=C(NCCS(=O)(=O)c1ccccc1)c1ccccc1S(=O)(=O)N1CCCCC1. The quantitative estimate of drug-likeness (QED) is 0.716. The van der Waals surface area contributed by atoms with Crippen LogP contribution in [0.2, 0.25) is 0 Å². The van der Waals surface area contributed by atoms with E-state index >= 15 is 0 Å². The Hall–Kier alpha value is -2.23. The second-order valence-corrected chi connectivity index (χ2v) is 10.9. The highest BCUT2D eigenvalue weighted by molar-refractivity contribution is 7.91. The van der Waals surface area contributed by atoms with Gasteiger partial charge < -0.3 is 5.32 Å². The van der Waals surface area contributed by atoms with E-state index in [0.717, 1.165) is 19.3 Å². The number of amides is 1. The third kappa shape index (κ3) is 5.04. The normalized spacial score (nSPS) is 15.7. The van der Waals surface area contributed by atoms with Crippen molar-refractivity contribution >= 4 is 25.8 Å². The molecule has 1 aliphatic rings. The molecular formula is C20H24N2O5S2. The Labute approximate surface area is 171 Å². The van der Waals surface area contributed by atoms with Crippen molar-refractivity contribution in [3.8, 4) is 0 Å². The Morgan fingerprint density at radius 3 is 2.17 bits per heavy atom. The molecule has 7 nitrogen and oxygen atoms in total. The molecule has 0 atom stereocenters. The van der Waals surface area contributed by atoms with E-state index in [1.807, 2.05) is 0 Å². The molecule has 1 N–H and O–H groups in total. The van der Waals surface area contributed by atoms with Crippen molar-refractivity contribution in [1.29, 1.82) is 0 Å². The maximum absolute atomic E-state index is 13.0. The molecule has 1 amide bonds. The van der Waals surface area contributed by atoms with Gasteiger partial charge in [0.15, 0.2) is 9.84 Å². The minimum Gasteiger partial charge on any atom is -0.351 e. The summed E-state index contributed by atoms with van der Waals surface area (Å²) in [6.07, 6.45) is 2.58. The molecule has 0 spiro atoms. The Morgan fingerprint density at radius 2 is 1.48 bits per heavy atom. The van der Waals surface area contributed by atoms with Gasteiger partial charge in [0.05, 0.1) is 21.1 Å². The lowest BCUT2D eigenvalue weighted by Crippen LogP contribution is -2.37. The third-order valence-electron chi connectivity index (χ3n) is 4.82. The van der Waals surface area contributed by atoms with Crippen molar-refractivity contribution in [2.24, 2.45) is 0 Å². The smallest absolute Gasteiger partial charge is 0.252 e. The van der Waals surface area contributed by atoms with Crippen LogP contribution >= 0.6 is 0 Å². The van der Waals surface area contributed by atoms with Gasteiger partial charge >= 0.3 is 0 Å². The van der Waals surface area contributed by atoms with E-state index < -0.39 is 25.8 Å². The summed E-state index contributed by atoms with van der Waals surface area (Å²) in [4.78, 5) is 12.8. The van der Waals surface area contributed by atoms with Gasteiger partial charge in [-0.3, -0.25) is 4.79 Å². The number of nitrogens with one attached hydrogen (secondary N) is 1. The number of benzene rings is 2. The van der Waals surface area contributed by atoms with E-state index in [1.54, 1.807) is 30.3 Å². The lowest BCUT2D eigenvalue weighted by atomic mass is 10.2. The topological polar surface area (TPSA) is 101 Å². The zero-order chi connectivity index (χ0) is 20.9. The lowest BCUT2D eigenvalue weighted by molar-refractivity contribution is 0.0952. The zero-order valence-electron chi connectivity index (χ0n) is 16.0. The predicted octanol–water partition coefficient (Wildman–Crippen LogP) is 2.06. The third-order valence-corrected chi connectivity index (χ3v) is 8.51. The van der Waals surface area contributed by atoms with Crippen LogP contribution in [0, 0.1) is 0 Å². The number of nitrogens with zero attached hydrogens (tertiary/aromatic N) is 1. The van der Waals surface area contributed by atoms with Gasteiger partial charge in [-0.15, -0.1) is 0 Å². The summed E-state index contributed by atoms with van der Waals surface area (Å²) in [6.45, 7) is 0.759. The number of sulfone groups is 1. The molecule has 3 rings (SSSR count). The molecule has 29 heavy (non-hydrogen) atoms. The molecule has 0 aromatic heterocycles.